The summed E-state index contributed by atoms with van der Waals surface area (Å²) in [5.74, 6) is -1.93. The molecular formula is C13H16F2N2O. The predicted molar refractivity (Wildman–Crippen MR) is 64.0 cm³/mol. The minimum absolute atomic E-state index is 0.0528. The molecule has 1 aliphatic heterocycles. The molecule has 5 heteroatoms. The third-order valence-electron chi connectivity index (χ3n) is 3.15. The second-order valence-corrected chi connectivity index (χ2v) is 4.94. The Balaban J connectivity index is 2.17. The topological polar surface area (TPSA) is 46.3 Å². The van der Waals surface area contributed by atoms with E-state index in [0.29, 0.717) is 19.0 Å². The quantitative estimate of drug-likeness (QED) is 0.830. The van der Waals surface area contributed by atoms with Gasteiger partial charge in [0.1, 0.15) is 0 Å². The number of carbonyl (C=O) groups is 1. The molecular weight excluding hydrogens is 238 g/mol. The zero-order chi connectivity index (χ0) is 13.3. The first-order chi connectivity index (χ1) is 8.47. The van der Waals surface area contributed by atoms with Gasteiger partial charge in [-0.05, 0) is 30.5 Å². The van der Waals surface area contributed by atoms with Crippen molar-refractivity contribution >= 4 is 5.91 Å². The molecule has 1 heterocycles. The summed E-state index contributed by atoms with van der Waals surface area (Å²) in [6.07, 6.45) is 0.877. The molecule has 0 spiro atoms. The van der Waals surface area contributed by atoms with Gasteiger partial charge in [-0.3, -0.25) is 4.79 Å². The first-order valence-electron chi connectivity index (χ1n) is 5.97. The fraction of sp³-hybridized carbons (Fsp3) is 0.462. The second-order valence-electron chi connectivity index (χ2n) is 4.94. The molecule has 1 aliphatic rings. The van der Waals surface area contributed by atoms with Crippen LogP contribution < -0.4 is 5.73 Å². The summed E-state index contributed by atoms with van der Waals surface area (Å²) < 4.78 is 25.9. The molecule has 1 aromatic rings. The molecule has 0 radical (unpaired) electrons. The maximum atomic E-state index is 13.1. The summed E-state index contributed by atoms with van der Waals surface area (Å²) in [6, 6.07) is 3.15. The summed E-state index contributed by atoms with van der Waals surface area (Å²) in [5, 5.41) is 0. The van der Waals surface area contributed by atoms with Crippen molar-refractivity contribution < 1.29 is 13.6 Å². The van der Waals surface area contributed by atoms with E-state index in [-0.39, 0.29) is 17.5 Å². The van der Waals surface area contributed by atoms with Crippen LogP contribution in [0.2, 0.25) is 0 Å². The van der Waals surface area contributed by atoms with Crippen LogP contribution in [0.25, 0.3) is 0 Å². The van der Waals surface area contributed by atoms with Gasteiger partial charge in [-0.2, -0.15) is 0 Å². The molecule has 98 valence electrons. The van der Waals surface area contributed by atoms with Gasteiger partial charge in [-0.25, -0.2) is 8.78 Å². The number of benzene rings is 1. The largest absolute Gasteiger partial charge is 0.337 e. The van der Waals surface area contributed by atoms with Crippen LogP contribution in [0.5, 0.6) is 0 Å². The highest BCUT2D eigenvalue weighted by atomic mass is 19.2. The molecule has 3 nitrogen and oxygen atoms in total. The van der Waals surface area contributed by atoms with Gasteiger partial charge < -0.3 is 10.6 Å². The van der Waals surface area contributed by atoms with Crippen molar-refractivity contribution in [2.24, 2.45) is 11.7 Å². The summed E-state index contributed by atoms with van der Waals surface area (Å²) in [7, 11) is 0. The lowest BCUT2D eigenvalue weighted by Crippen LogP contribution is -2.48. The molecule has 0 bridgehead atoms. The first kappa shape index (κ1) is 13.0. The molecule has 0 aromatic heterocycles. The van der Waals surface area contributed by atoms with E-state index in [4.69, 9.17) is 5.73 Å². The Morgan fingerprint density at radius 3 is 2.67 bits per heavy atom. The van der Waals surface area contributed by atoms with Gasteiger partial charge in [0.05, 0.1) is 0 Å². The number of hydrogen-bond acceptors (Lipinski definition) is 2. The molecule has 2 unspecified atom stereocenters. The fourth-order valence-corrected chi connectivity index (χ4v) is 2.38. The number of piperidine rings is 1. The predicted octanol–water partition coefficient (Wildman–Crippen LogP) is 1.77. The van der Waals surface area contributed by atoms with E-state index in [1.54, 1.807) is 4.90 Å². The van der Waals surface area contributed by atoms with Crippen molar-refractivity contribution in [2.45, 2.75) is 19.4 Å². The third kappa shape index (κ3) is 2.67. The minimum atomic E-state index is -1.00. The third-order valence-corrected chi connectivity index (χ3v) is 3.15. The molecule has 1 fully saturated rings. The van der Waals surface area contributed by atoms with E-state index in [0.717, 1.165) is 18.6 Å². The van der Waals surface area contributed by atoms with E-state index >= 15 is 0 Å². The van der Waals surface area contributed by atoms with E-state index in [1.807, 2.05) is 6.92 Å². The monoisotopic (exact) mass is 254 g/mol. The molecule has 0 saturated carbocycles. The van der Waals surface area contributed by atoms with Crippen LogP contribution in [-0.2, 0) is 0 Å². The lowest BCUT2D eigenvalue weighted by Gasteiger charge is -2.34. The number of halogens is 2. The highest BCUT2D eigenvalue weighted by Gasteiger charge is 2.26. The molecule has 18 heavy (non-hydrogen) atoms. The number of nitrogens with zero attached hydrogens (tertiary/aromatic N) is 1. The van der Waals surface area contributed by atoms with Gasteiger partial charge in [-0.15, -0.1) is 0 Å². The Bertz CT molecular complexity index is 454. The van der Waals surface area contributed by atoms with E-state index < -0.39 is 11.6 Å². The summed E-state index contributed by atoms with van der Waals surface area (Å²) in [6.45, 7) is 3.08. The molecule has 1 aromatic carbocycles. The van der Waals surface area contributed by atoms with Crippen molar-refractivity contribution in [2.75, 3.05) is 13.1 Å². The molecule has 2 rings (SSSR count). The van der Waals surface area contributed by atoms with Crippen molar-refractivity contribution in [1.29, 1.82) is 0 Å². The van der Waals surface area contributed by atoms with Crippen molar-refractivity contribution in [3.63, 3.8) is 0 Å². The maximum Gasteiger partial charge on any atom is 0.254 e. The van der Waals surface area contributed by atoms with Gasteiger partial charge in [0.15, 0.2) is 11.6 Å². The van der Waals surface area contributed by atoms with E-state index in [1.165, 1.54) is 6.07 Å². The lowest BCUT2D eigenvalue weighted by molar-refractivity contribution is 0.0660. The maximum absolute atomic E-state index is 13.1. The van der Waals surface area contributed by atoms with Crippen molar-refractivity contribution in [3.05, 3.63) is 35.4 Å². The number of amides is 1. The van der Waals surface area contributed by atoms with Crippen LogP contribution in [0.4, 0.5) is 8.78 Å². The number of carbonyl (C=O) groups excluding carboxylic acids is 1. The molecule has 0 aliphatic carbocycles. The van der Waals surface area contributed by atoms with Gasteiger partial charge in [0, 0.05) is 24.7 Å². The van der Waals surface area contributed by atoms with Crippen LogP contribution in [0.15, 0.2) is 18.2 Å². The highest BCUT2D eigenvalue weighted by molar-refractivity contribution is 5.94. The smallest absolute Gasteiger partial charge is 0.254 e. The zero-order valence-electron chi connectivity index (χ0n) is 10.2. The van der Waals surface area contributed by atoms with Crippen LogP contribution in [0, 0.1) is 17.6 Å². The second kappa shape index (κ2) is 5.02. The average Bonchev–Trinajstić information content (AvgIpc) is 2.30. The van der Waals surface area contributed by atoms with Gasteiger partial charge in [-0.1, -0.05) is 6.92 Å². The van der Waals surface area contributed by atoms with Crippen LogP contribution in [0.3, 0.4) is 0 Å². The molecule has 2 atom stereocenters. The van der Waals surface area contributed by atoms with Crippen LogP contribution >= 0.6 is 0 Å². The fourth-order valence-electron chi connectivity index (χ4n) is 2.38. The van der Waals surface area contributed by atoms with Crippen LogP contribution in [-0.4, -0.2) is 29.9 Å². The number of likely N-dealkylation sites (tertiary alicyclic amines) is 1. The van der Waals surface area contributed by atoms with E-state index in [2.05, 4.69) is 0 Å². The van der Waals surface area contributed by atoms with Gasteiger partial charge >= 0.3 is 0 Å². The molecule has 1 saturated heterocycles. The summed E-state index contributed by atoms with van der Waals surface area (Å²) in [4.78, 5) is 13.7. The molecule has 1 amide bonds. The molecule has 2 N–H and O–H groups in total. The number of rotatable bonds is 1. The average molecular weight is 254 g/mol. The Morgan fingerprint density at radius 1 is 1.33 bits per heavy atom. The number of nitrogens with two attached hydrogens (primary N) is 1. The highest BCUT2D eigenvalue weighted by Crippen LogP contribution is 2.18. The van der Waals surface area contributed by atoms with E-state index in [9.17, 15) is 13.6 Å². The standard InChI is InChI=1S/C13H16F2N2O/c1-8-4-10(16)7-17(6-8)13(18)9-2-3-11(14)12(15)5-9/h2-3,5,8,10H,4,6-7,16H2,1H3. The Labute approximate surface area is 105 Å². The SMILES string of the molecule is CC1CC(N)CN(C(=O)c2ccc(F)c(F)c2)C1. The summed E-state index contributed by atoms with van der Waals surface area (Å²) >= 11 is 0. The van der Waals surface area contributed by atoms with Crippen LogP contribution in [0.1, 0.15) is 23.7 Å². The minimum Gasteiger partial charge on any atom is -0.337 e. The normalized spacial score (nSPS) is 24.1. The van der Waals surface area contributed by atoms with Gasteiger partial charge in [0.2, 0.25) is 0 Å². The van der Waals surface area contributed by atoms with Crippen molar-refractivity contribution in [1.82, 2.24) is 4.90 Å². The zero-order valence-corrected chi connectivity index (χ0v) is 10.2. The Kier molecular flexibility index (Phi) is 3.61. The first-order valence-corrected chi connectivity index (χ1v) is 5.97. The Morgan fingerprint density at radius 2 is 2.06 bits per heavy atom. The summed E-state index contributed by atoms with van der Waals surface area (Å²) in [5.41, 5.74) is 6.02. The van der Waals surface area contributed by atoms with Gasteiger partial charge in [0.25, 0.3) is 5.91 Å². The Hall–Kier alpha value is -1.49. The van der Waals surface area contributed by atoms with Crippen molar-refractivity contribution in [3.8, 4) is 0 Å². The number of hydrogen-bond donors (Lipinski definition) is 1. The lowest BCUT2D eigenvalue weighted by atomic mass is 9.96.